The average Bonchev–Trinajstić information content (AvgIpc) is 2.97. The predicted molar refractivity (Wildman–Crippen MR) is 158 cm³/mol. The van der Waals surface area contributed by atoms with Crippen molar-refractivity contribution in [2.75, 3.05) is 22.1 Å². The molecule has 40 heavy (non-hydrogen) atoms. The maximum Gasteiger partial charge on any atom is 0.314 e. The van der Waals surface area contributed by atoms with Crippen molar-refractivity contribution in [3.63, 3.8) is 0 Å². The standard InChI is InChI=1S/C32H32N4O4/c33-23-5-9-25(10-6-23)35-27-13-17-29(18-14-27)39-31(37)21-1-2-22(4-3-21)32(38)40-30-19-15-28(16-20-30)36-26-11-7-24(34)8-12-26/h5-22,35-36H,1-4,33-34H2. The van der Waals surface area contributed by atoms with Crippen LogP contribution < -0.4 is 31.6 Å². The number of carbonyl (C=O) groups is 2. The summed E-state index contributed by atoms with van der Waals surface area (Å²) in [7, 11) is 0. The maximum absolute atomic E-state index is 12.7. The highest BCUT2D eigenvalue weighted by Gasteiger charge is 2.32. The number of esters is 2. The molecular weight excluding hydrogens is 504 g/mol. The molecule has 1 aliphatic carbocycles. The predicted octanol–water partition coefficient (Wildman–Crippen LogP) is 6.66. The second-order valence-electron chi connectivity index (χ2n) is 9.93. The number of hydrogen-bond acceptors (Lipinski definition) is 8. The lowest BCUT2D eigenvalue weighted by atomic mass is 9.82. The van der Waals surface area contributed by atoms with E-state index in [4.69, 9.17) is 20.9 Å². The summed E-state index contributed by atoms with van der Waals surface area (Å²) in [4.78, 5) is 25.5. The van der Waals surface area contributed by atoms with Gasteiger partial charge in [0.15, 0.2) is 0 Å². The smallest absolute Gasteiger partial charge is 0.314 e. The van der Waals surface area contributed by atoms with Crippen LogP contribution in [0.4, 0.5) is 34.1 Å². The Balaban J connectivity index is 1.06. The van der Waals surface area contributed by atoms with Crippen LogP contribution in [0.3, 0.4) is 0 Å². The highest BCUT2D eigenvalue weighted by molar-refractivity contribution is 5.78. The average molecular weight is 537 g/mol. The lowest BCUT2D eigenvalue weighted by Gasteiger charge is -2.25. The van der Waals surface area contributed by atoms with Crippen molar-refractivity contribution in [2.24, 2.45) is 11.8 Å². The molecule has 0 heterocycles. The van der Waals surface area contributed by atoms with Crippen LogP contribution in [0.15, 0.2) is 97.1 Å². The number of nitrogens with two attached hydrogens (primary N) is 2. The van der Waals surface area contributed by atoms with Crippen LogP contribution in [0.1, 0.15) is 25.7 Å². The first-order valence-corrected chi connectivity index (χ1v) is 13.3. The lowest BCUT2D eigenvalue weighted by Crippen LogP contribution is -2.30. The van der Waals surface area contributed by atoms with Gasteiger partial charge in [0.25, 0.3) is 0 Å². The van der Waals surface area contributed by atoms with E-state index in [-0.39, 0.29) is 23.8 Å². The third-order valence-corrected chi connectivity index (χ3v) is 6.94. The minimum absolute atomic E-state index is 0.240. The van der Waals surface area contributed by atoms with Crippen molar-refractivity contribution in [3.05, 3.63) is 97.1 Å². The third-order valence-electron chi connectivity index (χ3n) is 6.94. The lowest BCUT2D eigenvalue weighted by molar-refractivity contribution is -0.145. The zero-order valence-corrected chi connectivity index (χ0v) is 22.0. The molecule has 4 aromatic rings. The molecule has 204 valence electrons. The van der Waals surface area contributed by atoms with Gasteiger partial charge in [0.05, 0.1) is 11.8 Å². The van der Waals surface area contributed by atoms with Crippen molar-refractivity contribution in [1.29, 1.82) is 0 Å². The van der Waals surface area contributed by atoms with Gasteiger partial charge in [-0.3, -0.25) is 9.59 Å². The monoisotopic (exact) mass is 536 g/mol. The fourth-order valence-electron chi connectivity index (χ4n) is 4.64. The normalized spacial score (nSPS) is 16.5. The third kappa shape index (κ3) is 7.11. The number of benzene rings is 4. The van der Waals surface area contributed by atoms with Gasteiger partial charge in [-0.15, -0.1) is 0 Å². The molecule has 4 aromatic carbocycles. The Labute approximate surface area is 233 Å². The molecule has 0 spiro atoms. The summed E-state index contributed by atoms with van der Waals surface area (Å²) in [5, 5.41) is 6.55. The van der Waals surface area contributed by atoms with Crippen LogP contribution in [0.5, 0.6) is 11.5 Å². The van der Waals surface area contributed by atoms with Gasteiger partial charge in [-0.2, -0.15) is 0 Å². The highest BCUT2D eigenvalue weighted by Crippen LogP contribution is 2.32. The van der Waals surface area contributed by atoms with Crippen LogP contribution >= 0.6 is 0 Å². The number of hydrogen-bond donors (Lipinski definition) is 4. The number of nitrogen functional groups attached to an aromatic ring is 2. The molecule has 8 heteroatoms. The molecule has 0 saturated heterocycles. The quantitative estimate of drug-likeness (QED) is 0.112. The van der Waals surface area contributed by atoms with E-state index in [1.54, 1.807) is 24.3 Å². The molecule has 0 amide bonds. The van der Waals surface area contributed by atoms with Gasteiger partial charge in [0.2, 0.25) is 0 Å². The van der Waals surface area contributed by atoms with Crippen LogP contribution in [-0.2, 0) is 9.59 Å². The number of carbonyl (C=O) groups excluding carboxylic acids is 2. The topological polar surface area (TPSA) is 129 Å². The van der Waals surface area contributed by atoms with Crippen molar-refractivity contribution < 1.29 is 19.1 Å². The largest absolute Gasteiger partial charge is 0.426 e. The zero-order chi connectivity index (χ0) is 27.9. The molecule has 5 rings (SSSR count). The minimum atomic E-state index is -0.268. The van der Waals surface area contributed by atoms with Crippen molar-refractivity contribution >= 4 is 46.1 Å². The Hall–Kier alpha value is -4.98. The van der Waals surface area contributed by atoms with Gasteiger partial charge in [-0.1, -0.05) is 0 Å². The van der Waals surface area contributed by atoms with Gasteiger partial charge in [-0.25, -0.2) is 0 Å². The van der Waals surface area contributed by atoms with E-state index < -0.39 is 0 Å². The number of ether oxygens (including phenoxy) is 2. The van der Waals surface area contributed by atoms with E-state index in [1.165, 1.54) is 0 Å². The van der Waals surface area contributed by atoms with E-state index in [9.17, 15) is 9.59 Å². The van der Waals surface area contributed by atoms with Gasteiger partial charge in [0, 0.05) is 34.1 Å². The molecule has 1 aliphatic rings. The Bertz CT molecular complexity index is 1320. The Morgan fingerprint density at radius 3 is 1.07 bits per heavy atom. The summed E-state index contributed by atoms with van der Waals surface area (Å²) >= 11 is 0. The Kier molecular flexibility index (Phi) is 8.15. The summed E-state index contributed by atoms with van der Waals surface area (Å²) < 4.78 is 11.2. The van der Waals surface area contributed by atoms with E-state index in [2.05, 4.69) is 10.6 Å². The maximum atomic E-state index is 12.7. The van der Waals surface area contributed by atoms with Gasteiger partial charge in [0.1, 0.15) is 11.5 Å². The van der Waals surface area contributed by atoms with Gasteiger partial charge < -0.3 is 31.6 Å². The van der Waals surface area contributed by atoms with E-state index in [1.807, 2.05) is 72.8 Å². The molecule has 0 aliphatic heterocycles. The summed E-state index contributed by atoms with van der Waals surface area (Å²) in [5.74, 6) is -0.0383. The number of anilines is 6. The van der Waals surface area contributed by atoms with Crippen molar-refractivity contribution in [1.82, 2.24) is 0 Å². The summed E-state index contributed by atoms with van der Waals surface area (Å²) in [6.45, 7) is 0. The Morgan fingerprint density at radius 2 is 0.775 bits per heavy atom. The molecule has 0 bridgehead atoms. The second-order valence-corrected chi connectivity index (χ2v) is 9.93. The second kappa shape index (κ2) is 12.3. The molecule has 1 fully saturated rings. The molecule has 0 radical (unpaired) electrons. The molecule has 0 unspecified atom stereocenters. The molecule has 6 N–H and O–H groups in total. The first-order valence-electron chi connectivity index (χ1n) is 13.3. The van der Waals surface area contributed by atoms with Crippen LogP contribution in [-0.4, -0.2) is 11.9 Å². The fraction of sp³-hybridized carbons (Fsp3) is 0.188. The van der Waals surface area contributed by atoms with Gasteiger partial charge in [-0.05, 0) is 123 Å². The molecule has 0 aromatic heterocycles. The van der Waals surface area contributed by atoms with Crippen molar-refractivity contribution in [3.8, 4) is 11.5 Å². The fourth-order valence-corrected chi connectivity index (χ4v) is 4.64. The van der Waals surface area contributed by atoms with Crippen LogP contribution in [0.2, 0.25) is 0 Å². The number of nitrogens with one attached hydrogen (secondary N) is 2. The summed E-state index contributed by atoms with van der Waals surface area (Å²) in [6, 6.07) is 29.3. The number of rotatable bonds is 8. The Morgan fingerprint density at radius 1 is 0.500 bits per heavy atom. The summed E-state index contributed by atoms with van der Waals surface area (Å²) in [5.41, 5.74) is 16.4. The van der Waals surface area contributed by atoms with Crippen molar-refractivity contribution in [2.45, 2.75) is 25.7 Å². The SMILES string of the molecule is Nc1ccc(Nc2ccc(OC(=O)C3CCC(C(=O)Oc4ccc(Nc5ccc(N)cc5)cc4)CC3)cc2)cc1. The van der Waals surface area contributed by atoms with E-state index in [0.29, 0.717) is 48.6 Å². The molecular formula is C32H32N4O4. The molecule has 0 atom stereocenters. The minimum Gasteiger partial charge on any atom is -0.426 e. The summed E-state index contributed by atoms with van der Waals surface area (Å²) in [6.07, 6.45) is 2.33. The van der Waals surface area contributed by atoms with E-state index in [0.717, 1.165) is 22.7 Å². The molecule has 8 nitrogen and oxygen atoms in total. The van der Waals surface area contributed by atoms with Crippen LogP contribution in [0.25, 0.3) is 0 Å². The van der Waals surface area contributed by atoms with Gasteiger partial charge >= 0.3 is 11.9 Å². The molecule has 1 saturated carbocycles. The first kappa shape index (κ1) is 26.6. The van der Waals surface area contributed by atoms with Crippen LogP contribution in [0, 0.1) is 11.8 Å². The zero-order valence-electron chi connectivity index (χ0n) is 22.0. The first-order chi connectivity index (χ1) is 19.4. The highest BCUT2D eigenvalue weighted by atomic mass is 16.5. The van der Waals surface area contributed by atoms with E-state index >= 15 is 0 Å².